The van der Waals surface area contributed by atoms with E-state index < -0.39 is 6.03 Å². The minimum atomic E-state index is -0.464. The average Bonchev–Trinajstić information content (AvgIpc) is 3.59. The molecule has 0 radical (unpaired) electrons. The summed E-state index contributed by atoms with van der Waals surface area (Å²) in [4.78, 5) is 29.7. The summed E-state index contributed by atoms with van der Waals surface area (Å²) in [5.41, 5.74) is 1.63. The highest BCUT2D eigenvalue weighted by Crippen LogP contribution is 2.17. The van der Waals surface area contributed by atoms with Crippen LogP contribution in [0.1, 0.15) is 29.7 Å². The number of nitriles is 1. The second-order valence-corrected chi connectivity index (χ2v) is 8.59. The number of amides is 3. The number of nitrogens with one attached hydrogen (secondary N) is 1. The SMILES string of the molecule is N#Cc1cccc(NC(=O)N(CC(=O)N(Cc2ccc(F)cc2)Cc2ccco2)CC2CCCO2)c1. The molecule has 8 nitrogen and oxygen atoms in total. The summed E-state index contributed by atoms with van der Waals surface area (Å²) in [5.74, 6) is -0.0638. The van der Waals surface area contributed by atoms with Crippen molar-refractivity contribution in [2.24, 2.45) is 0 Å². The van der Waals surface area contributed by atoms with Crippen molar-refractivity contribution in [3.05, 3.63) is 89.6 Å². The number of rotatable bonds is 9. The fraction of sp³-hybridized carbons (Fsp3) is 0.296. The third-order valence-corrected chi connectivity index (χ3v) is 5.87. The van der Waals surface area contributed by atoms with E-state index in [1.807, 2.05) is 6.07 Å². The van der Waals surface area contributed by atoms with Crippen LogP contribution in [0.2, 0.25) is 0 Å². The number of carbonyl (C=O) groups is 2. The van der Waals surface area contributed by atoms with Gasteiger partial charge >= 0.3 is 6.03 Å². The van der Waals surface area contributed by atoms with Gasteiger partial charge in [0.1, 0.15) is 18.1 Å². The highest BCUT2D eigenvalue weighted by atomic mass is 19.1. The first-order valence-electron chi connectivity index (χ1n) is 11.7. The summed E-state index contributed by atoms with van der Waals surface area (Å²) in [6.07, 6.45) is 3.06. The van der Waals surface area contributed by atoms with Gasteiger partial charge in [-0.15, -0.1) is 0 Å². The van der Waals surface area contributed by atoms with Gasteiger partial charge in [-0.05, 0) is 60.9 Å². The second kappa shape index (κ2) is 12.0. The molecule has 2 aromatic carbocycles. The van der Waals surface area contributed by atoms with E-state index in [-0.39, 0.29) is 44.0 Å². The molecular formula is C27H27FN4O4. The summed E-state index contributed by atoms with van der Waals surface area (Å²) in [6.45, 7) is 1.10. The predicted octanol–water partition coefficient (Wildman–Crippen LogP) is 4.53. The normalized spacial score (nSPS) is 14.7. The third-order valence-electron chi connectivity index (χ3n) is 5.87. The Labute approximate surface area is 208 Å². The number of hydrogen-bond acceptors (Lipinski definition) is 5. The maximum Gasteiger partial charge on any atom is 0.322 e. The van der Waals surface area contributed by atoms with Crippen molar-refractivity contribution in [1.82, 2.24) is 9.80 Å². The second-order valence-electron chi connectivity index (χ2n) is 8.59. The van der Waals surface area contributed by atoms with E-state index in [2.05, 4.69) is 5.32 Å². The van der Waals surface area contributed by atoms with Crippen molar-refractivity contribution in [2.45, 2.75) is 32.0 Å². The molecule has 36 heavy (non-hydrogen) atoms. The van der Waals surface area contributed by atoms with Gasteiger partial charge < -0.3 is 24.3 Å². The Hall–Kier alpha value is -4.16. The van der Waals surface area contributed by atoms with Crippen LogP contribution in [0, 0.1) is 17.1 Å². The zero-order valence-corrected chi connectivity index (χ0v) is 19.7. The molecule has 3 aromatic rings. The summed E-state index contributed by atoms with van der Waals surface area (Å²) in [6, 6.07) is 17.6. The van der Waals surface area contributed by atoms with Crippen LogP contribution in [0.25, 0.3) is 0 Å². The third kappa shape index (κ3) is 6.93. The van der Waals surface area contributed by atoms with Crippen molar-refractivity contribution < 1.29 is 23.1 Å². The first kappa shape index (κ1) is 24.9. The van der Waals surface area contributed by atoms with Crippen LogP contribution in [0.3, 0.4) is 0 Å². The number of hydrogen-bond donors (Lipinski definition) is 1. The topological polar surface area (TPSA) is 98.8 Å². The molecule has 1 N–H and O–H groups in total. The Balaban J connectivity index is 1.51. The lowest BCUT2D eigenvalue weighted by molar-refractivity contribution is -0.133. The Bertz CT molecular complexity index is 1200. The van der Waals surface area contributed by atoms with Crippen LogP contribution in [0.5, 0.6) is 0 Å². The van der Waals surface area contributed by atoms with Gasteiger partial charge in [0, 0.05) is 25.4 Å². The minimum Gasteiger partial charge on any atom is -0.467 e. The maximum atomic E-state index is 13.5. The van der Waals surface area contributed by atoms with E-state index in [1.165, 1.54) is 23.3 Å². The summed E-state index contributed by atoms with van der Waals surface area (Å²) < 4.78 is 24.5. The molecule has 1 unspecified atom stereocenters. The minimum absolute atomic E-state index is 0.162. The standard InChI is InChI=1S/C27H27FN4O4/c28-22-10-8-20(9-11-22)16-31(17-24-6-2-12-35-24)26(33)19-32(18-25-7-3-13-36-25)27(34)30-23-5-1-4-21(14-23)15-29/h1-2,4-6,8-12,14,25H,3,7,13,16-19H2,(H,30,34). The molecule has 1 aromatic heterocycles. The molecule has 0 bridgehead atoms. The van der Waals surface area contributed by atoms with Gasteiger partial charge in [0.05, 0.1) is 30.5 Å². The quantitative estimate of drug-likeness (QED) is 0.475. The van der Waals surface area contributed by atoms with Crippen LogP contribution in [0.4, 0.5) is 14.9 Å². The van der Waals surface area contributed by atoms with E-state index in [1.54, 1.807) is 53.4 Å². The molecule has 1 saturated heterocycles. The fourth-order valence-electron chi connectivity index (χ4n) is 4.02. The van der Waals surface area contributed by atoms with Crippen molar-refractivity contribution in [3.63, 3.8) is 0 Å². The van der Waals surface area contributed by atoms with Crippen molar-refractivity contribution in [2.75, 3.05) is 25.0 Å². The van der Waals surface area contributed by atoms with Gasteiger partial charge in [-0.2, -0.15) is 5.26 Å². The van der Waals surface area contributed by atoms with Gasteiger partial charge in [-0.25, -0.2) is 9.18 Å². The zero-order valence-electron chi connectivity index (χ0n) is 19.7. The molecule has 1 atom stereocenters. The van der Waals surface area contributed by atoms with Crippen LogP contribution < -0.4 is 5.32 Å². The van der Waals surface area contributed by atoms with Crippen LogP contribution >= 0.6 is 0 Å². The molecule has 3 amide bonds. The average molecular weight is 491 g/mol. The fourth-order valence-corrected chi connectivity index (χ4v) is 4.02. The Morgan fingerprint density at radius 1 is 1.08 bits per heavy atom. The van der Waals surface area contributed by atoms with Crippen molar-refractivity contribution in [1.29, 1.82) is 5.26 Å². The van der Waals surface area contributed by atoms with Crippen LogP contribution in [0.15, 0.2) is 71.3 Å². The summed E-state index contributed by atoms with van der Waals surface area (Å²) in [5, 5.41) is 11.9. The van der Waals surface area contributed by atoms with Crippen molar-refractivity contribution in [3.8, 4) is 6.07 Å². The number of anilines is 1. The predicted molar refractivity (Wildman–Crippen MR) is 130 cm³/mol. The van der Waals surface area contributed by atoms with E-state index in [0.717, 1.165) is 18.4 Å². The lowest BCUT2D eigenvalue weighted by Crippen LogP contribution is -2.46. The van der Waals surface area contributed by atoms with Crippen LogP contribution in [-0.2, 0) is 22.6 Å². The summed E-state index contributed by atoms with van der Waals surface area (Å²) >= 11 is 0. The van der Waals surface area contributed by atoms with Gasteiger partial charge in [0.25, 0.3) is 0 Å². The number of nitrogens with zero attached hydrogens (tertiary/aromatic N) is 3. The number of urea groups is 1. The molecule has 1 fully saturated rings. The Morgan fingerprint density at radius 3 is 2.61 bits per heavy atom. The van der Waals surface area contributed by atoms with E-state index >= 15 is 0 Å². The highest BCUT2D eigenvalue weighted by molar-refractivity contribution is 5.92. The lowest BCUT2D eigenvalue weighted by Gasteiger charge is -2.29. The maximum absolute atomic E-state index is 13.5. The number of furan rings is 1. The van der Waals surface area contributed by atoms with E-state index in [9.17, 15) is 14.0 Å². The Morgan fingerprint density at radius 2 is 1.92 bits per heavy atom. The number of benzene rings is 2. The lowest BCUT2D eigenvalue weighted by atomic mass is 10.2. The molecule has 4 rings (SSSR count). The highest BCUT2D eigenvalue weighted by Gasteiger charge is 2.27. The van der Waals surface area contributed by atoms with E-state index in [0.29, 0.717) is 23.6 Å². The van der Waals surface area contributed by atoms with Gasteiger partial charge in [-0.1, -0.05) is 18.2 Å². The molecule has 0 aliphatic carbocycles. The molecule has 186 valence electrons. The number of halogens is 1. The van der Waals surface area contributed by atoms with Crippen LogP contribution in [-0.4, -0.2) is 47.5 Å². The molecule has 1 aliphatic heterocycles. The van der Waals surface area contributed by atoms with Gasteiger partial charge in [0.15, 0.2) is 0 Å². The largest absolute Gasteiger partial charge is 0.467 e. The Kier molecular flexibility index (Phi) is 8.32. The molecule has 1 aliphatic rings. The summed E-state index contributed by atoms with van der Waals surface area (Å²) in [7, 11) is 0. The van der Waals surface area contributed by atoms with Gasteiger partial charge in [0.2, 0.25) is 5.91 Å². The van der Waals surface area contributed by atoms with Crippen molar-refractivity contribution >= 4 is 17.6 Å². The molecule has 2 heterocycles. The first-order valence-corrected chi connectivity index (χ1v) is 11.7. The number of ether oxygens (including phenoxy) is 1. The smallest absolute Gasteiger partial charge is 0.322 e. The molecule has 9 heteroatoms. The van der Waals surface area contributed by atoms with Gasteiger partial charge in [-0.3, -0.25) is 4.79 Å². The first-order chi connectivity index (χ1) is 17.5. The van der Waals surface area contributed by atoms with E-state index in [4.69, 9.17) is 14.4 Å². The number of carbonyl (C=O) groups excluding carboxylic acids is 2. The molecule has 0 saturated carbocycles. The molecule has 0 spiro atoms. The monoisotopic (exact) mass is 490 g/mol. The zero-order chi connectivity index (χ0) is 25.3. The molecular weight excluding hydrogens is 463 g/mol.